The number of likely N-dealkylation sites (tertiary alicyclic amines) is 1. The Hall–Kier alpha value is -1.37. The Morgan fingerprint density at radius 3 is 2.47 bits per heavy atom. The Morgan fingerprint density at radius 2 is 1.88 bits per heavy atom. The number of hydrogen-bond donors (Lipinski definition) is 1. The van der Waals surface area contributed by atoms with Crippen molar-refractivity contribution in [3.8, 4) is 6.07 Å². The van der Waals surface area contributed by atoms with E-state index in [2.05, 4.69) is 11.0 Å². The smallest absolute Gasteiger partial charge is 0.0960 e. The van der Waals surface area contributed by atoms with Gasteiger partial charge in [0.05, 0.1) is 18.1 Å². The SMILES string of the molecule is N#CC(CN1CCCC1)C(O)c1ccccc1. The minimum atomic E-state index is -0.679. The lowest BCUT2D eigenvalue weighted by atomic mass is 9.96. The van der Waals surface area contributed by atoms with Crippen LogP contribution in [0.15, 0.2) is 30.3 Å². The average molecular weight is 230 g/mol. The number of nitrogens with zero attached hydrogens (tertiary/aromatic N) is 2. The third-order valence-corrected chi connectivity index (χ3v) is 3.34. The molecule has 2 rings (SSSR count). The van der Waals surface area contributed by atoms with Gasteiger partial charge in [0.1, 0.15) is 0 Å². The van der Waals surface area contributed by atoms with Crippen LogP contribution < -0.4 is 0 Å². The molecule has 0 saturated carbocycles. The first kappa shape index (κ1) is 12.1. The van der Waals surface area contributed by atoms with Gasteiger partial charge in [-0.2, -0.15) is 5.26 Å². The number of hydrogen-bond acceptors (Lipinski definition) is 3. The number of benzene rings is 1. The molecule has 1 fully saturated rings. The predicted octanol–water partition coefficient (Wildman–Crippen LogP) is 1.96. The van der Waals surface area contributed by atoms with E-state index in [1.165, 1.54) is 12.8 Å². The maximum absolute atomic E-state index is 10.2. The molecule has 0 radical (unpaired) electrons. The van der Waals surface area contributed by atoms with Gasteiger partial charge in [-0.15, -0.1) is 0 Å². The molecule has 0 spiro atoms. The van der Waals surface area contributed by atoms with Crippen LogP contribution in [0, 0.1) is 17.2 Å². The highest BCUT2D eigenvalue weighted by Crippen LogP contribution is 2.23. The maximum atomic E-state index is 10.2. The second kappa shape index (κ2) is 5.81. The fraction of sp³-hybridized carbons (Fsp3) is 0.500. The summed E-state index contributed by atoms with van der Waals surface area (Å²) in [7, 11) is 0. The van der Waals surface area contributed by atoms with E-state index < -0.39 is 6.10 Å². The van der Waals surface area contributed by atoms with Gasteiger partial charge in [0.25, 0.3) is 0 Å². The van der Waals surface area contributed by atoms with Crippen LogP contribution in [-0.2, 0) is 0 Å². The van der Waals surface area contributed by atoms with E-state index in [9.17, 15) is 10.4 Å². The summed E-state index contributed by atoms with van der Waals surface area (Å²) < 4.78 is 0. The van der Waals surface area contributed by atoms with Gasteiger partial charge < -0.3 is 10.0 Å². The van der Waals surface area contributed by atoms with Gasteiger partial charge in [0.15, 0.2) is 0 Å². The lowest BCUT2D eigenvalue weighted by Gasteiger charge is -2.22. The quantitative estimate of drug-likeness (QED) is 0.860. The van der Waals surface area contributed by atoms with E-state index in [0.29, 0.717) is 6.54 Å². The van der Waals surface area contributed by atoms with Crippen LogP contribution in [0.25, 0.3) is 0 Å². The Balaban J connectivity index is 2.00. The van der Waals surface area contributed by atoms with Crippen LogP contribution >= 0.6 is 0 Å². The number of nitriles is 1. The summed E-state index contributed by atoms with van der Waals surface area (Å²) in [6, 6.07) is 11.7. The van der Waals surface area contributed by atoms with E-state index in [0.717, 1.165) is 18.7 Å². The molecule has 1 aliphatic heterocycles. The molecule has 3 nitrogen and oxygen atoms in total. The predicted molar refractivity (Wildman–Crippen MR) is 66.2 cm³/mol. The van der Waals surface area contributed by atoms with Crippen molar-refractivity contribution in [3.63, 3.8) is 0 Å². The molecule has 17 heavy (non-hydrogen) atoms. The van der Waals surface area contributed by atoms with Gasteiger partial charge in [-0.25, -0.2) is 0 Å². The molecule has 1 aromatic carbocycles. The molecular formula is C14H18N2O. The van der Waals surface area contributed by atoms with Crippen LogP contribution in [0.4, 0.5) is 0 Å². The second-order valence-corrected chi connectivity index (χ2v) is 4.60. The number of aliphatic hydroxyl groups is 1. The summed E-state index contributed by atoms with van der Waals surface area (Å²) in [6.45, 7) is 2.78. The van der Waals surface area contributed by atoms with Gasteiger partial charge in [-0.05, 0) is 31.5 Å². The highest BCUT2D eigenvalue weighted by molar-refractivity contribution is 5.19. The zero-order valence-electron chi connectivity index (χ0n) is 9.92. The first-order valence-electron chi connectivity index (χ1n) is 6.16. The molecular weight excluding hydrogens is 212 g/mol. The third-order valence-electron chi connectivity index (χ3n) is 3.34. The highest BCUT2D eigenvalue weighted by Gasteiger charge is 2.24. The summed E-state index contributed by atoms with van der Waals surface area (Å²) in [5.41, 5.74) is 0.832. The summed E-state index contributed by atoms with van der Waals surface area (Å²) in [4.78, 5) is 2.26. The summed E-state index contributed by atoms with van der Waals surface area (Å²) >= 11 is 0. The number of rotatable bonds is 4. The Morgan fingerprint density at radius 1 is 1.24 bits per heavy atom. The third kappa shape index (κ3) is 3.06. The lowest BCUT2D eigenvalue weighted by molar-refractivity contribution is 0.112. The van der Waals surface area contributed by atoms with E-state index in [4.69, 9.17) is 0 Å². The van der Waals surface area contributed by atoms with Crippen molar-refractivity contribution in [2.24, 2.45) is 5.92 Å². The second-order valence-electron chi connectivity index (χ2n) is 4.60. The van der Waals surface area contributed by atoms with Gasteiger partial charge in [-0.3, -0.25) is 0 Å². The molecule has 0 aromatic heterocycles. The van der Waals surface area contributed by atoms with E-state index >= 15 is 0 Å². The summed E-state index contributed by atoms with van der Waals surface area (Å²) in [6.07, 6.45) is 1.74. The first-order valence-corrected chi connectivity index (χ1v) is 6.16. The molecule has 2 atom stereocenters. The molecule has 0 bridgehead atoms. The molecule has 1 heterocycles. The lowest BCUT2D eigenvalue weighted by Crippen LogP contribution is -2.29. The topological polar surface area (TPSA) is 47.3 Å². The minimum absolute atomic E-state index is 0.338. The summed E-state index contributed by atoms with van der Waals surface area (Å²) in [5.74, 6) is -0.338. The zero-order chi connectivity index (χ0) is 12.1. The largest absolute Gasteiger partial charge is 0.387 e. The first-order chi connectivity index (χ1) is 8.31. The Bertz CT molecular complexity index is 379. The molecule has 1 saturated heterocycles. The van der Waals surface area contributed by atoms with Crippen molar-refractivity contribution < 1.29 is 5.11 Å². The zero-order valence-corrected chi connectivity index (χ0v) is 9.92. The van der Waals surface area contributed by atoms with Crippen LogP contribution in [0.1, 0.15) is 24.5 Å². The monoisotopic (exact) mass is 230 g/mol. The van der Waals surface area contributed by atoms with Crippen molar-refractivity contribution >= 4 is 0 Å². The van der Waals surface area contributed by atoms with Crippen molar-refractivity contribution in [1.29, 1.82) is 5.26 Å². The Labute approximate surface area is 102 Å². The van der Waals surface area contributed by atoms with Gasteiger partial charge in [-0.1, -0.05) is 30.3 Å². The van der Waals surface area contributed by atoms with E-state index in [1.54, 1.807) is 0 Å². The maximum Gasteiger partial charge on any atom is 0.0960 e. The normalized spacial score (nSPS) is 19.8. The van der Waals surface area contributed by atoms with Gasteiger partial charge >= 0.3 is 0 Å². The average Bonchev–Trinajstić information content (AvgIpc) is 2.89. The van der Waals surface area contributed by atoms with Crippen LogP contribution in [0.5, 0.6) is 0 Å². The molecule has 1 aromatic rings. The molecule has 3 heteroatoms. The van der Waals surface area contributed by atoms with Crippen LogP contribution in [-0.4, -0.2) is 29.6 Å². The van der Waals surface area contributed by atoms with Crippen molar-refractivity contribution in [1.82, 2.24) is 4.90 Å². The van der Waals surface area contributed by atoms with Crippen molar-refractivity contribution in [2.75, 3.05) is 19.6 Å². The van der Waals surface area contributed by atoms with Crippen molar-refractivity contribution in [2.45, 2.75) is 18.9 Å². The van der Waals surface area contributed by atoms with Crippen LogP contribution in [0.2, 0.25) is 0 Å². The van der Waals surface area contributed by atoms with E-state index in [-0.39, 0.29) is 5.92 Å². The fourth-order valence-corrected chi connectivity index (χ4v) is 2.34. The minimum Gasteiger partial charge on any atom is -0.387 e. The van der Waals surface area contributed by atoms with Gasteiger partial charge in [0.2, 0.25) is 0 Å². The number of aliphatic hydroxyl groups excluding tert-OH is 1. The molecule has 2 unspecified atom stereocenters. The molecule has 90 valence electrons. The highest BCUT2D eigenvalue weighted by atomic mass is 16.3. The fourth-order valence-electron chi connectivity index (χ4n) is 2.34. The van der Waals surface area contributed by atoms with Gasteiger partial charge in [0, 0.05) is 6.54 Å². The van der Waals surface area contributed by atoms with Crippen LogP contribution in [0.3, 0.4) is 0 Å². The van der Waals surface area contributed by atoms with E-state index in [1.807, 2.05) is 30.3 Å². The molecule has 1 aliphatic rings. The van der Waals surface area contributed by atoms with Crippen molar-refractivity contribution in [3.05, 3.63) is 35.9 Å². The standard InChI is InChI=1S/C14H18N2O/c15-10-13(11-16-8-4-5-9-16)14(17)12-6-2-1-3-7-12/h1-3,6-7,13-14,17H,4-5,8-9,11H2. The molecule has 1 N–H and O–H groups in total. The molecule has 0 aliphatic carbocycles. The Kier molecular flexibility index (Phi) is 4.13. The summed E-state index contributed by atoms with van der Waals surface area (Å²) in [5, 5.41) is 19.4. The molecule has 0 amide bonds.